The van der Waals surface area contributed by atoms with Gasteiger partial charge in [0.2, 0.25) is 0 Å². The van der Waals surface area contributed by atoms with Crippen molar-refractivity contribution in [2.45, 2.75) is 13.5 Å². The molecule has 1 amide bonds. The number of ether oxygens (including phenoxy) is 2. The molecule has 0 aliphatic carbocycles. The van der Waals surface area contributed by atoms with Crippen LogP contribution >= 0.6 is 0 Å². The van der Waals surface area contributed by atoms with E-state index in [1.165, 1.54) is 19.1 Å². The van der Waals surface area contributed by atoms with Gasteiger partial charge in [0.15, 0.2) is 0 Å². The Bertz CT molecular complexity index is 1030. The van der Waals surface area contributed by atoms with Crippen LogP contribution < -0.4 is 15.0 Å². The third-order valence-corrected chi connectivity index (χ3v) is 4.52. The number of H-pyrrole nitrogens is 1. The molecular weight excluding hydrogens is 344 g/mol. The number of hydrogen-bond acceptors (Lipinski definition) is 4. The van der Waals surface area contributed by atoms with Crippen molar-refractivity contribution in [1.29, 1.82) is 0 Å². The molecule has 1 heterocycles. The van der Waals surface area contributed by atoms with Crippen molar-refractivity contribution in [3.8, 4) is 11.5 Å². The van der Waals surface area contributed by atoms with Gasteiger partial charge in [0, 0.05) is 24.2 Å². The second kappa shape index (κ2) is 7.53. The number of fused-ring (bicyclic) bond motifs is 1. The number of aromatic nitrogens is 1. The zero-order valence-electron chi connectivity index (χ0n) is 15.8. The first-order valence-corrected chi connectivity index (χ1v) is 8.53. The molecule has 0 unspecified atom stereocenters. The lowest BCUT2D eigenvalue weighted by Crippen LogP contribution is -2.29. The van der Waals surface area contributed by atoms with Crippen LogP contribution in [0.2, 0.25) is 0 Å². The monoisotopic (exact) mass is 366 g/mol. The molecule has 27 heavy (non-hydrogen) atoms. The zero-order valence-corrected chi connectivity index (χ0v) is 15.8. The summed E-state index contributed by atoms with van der Waals surface area (Å²) in [6.07, 6.45) is 0. The molecule has 2 aromatic carbocycles. The van der Waals surface area contributed by atoms with Crippen LogP contribution in [0.3, 0.4) is 0 Å². The Hall–Kier alpha value is -3.28. The number of carbonyl (C=O) groups excluding carboxylic acids is 1. The molecule has 6 nitrogen and oxygen atoms in total. The Morgan fingerprint density at radius 1 is 1.07 bits per heavy atom. The summed E-state index contributed by atoms with van der Waals surface area (Å²) < 4.78 is 10.4. The molecule has 1 aromatic heterocycles. The lowest BCUT2D eigenvalue weighted by Gasteiger charge is -2.18. The highest BCUT2D eigenvalue weighted by molar-refractivity contribution is 5.95. The first kappa shape index (κ1) is 18.5. The highest BCUT2D eigenvalue weighted by Crippen LogP contribution is 2.23. The number of para-hydroxylation sites is 1. The maximum absolute atomic E-state index is 12.8. The summed E-state index contributed by atoms with van der Waals surface area (Å²) in [5.74, 6) is 0.839. The van der Waals surface area contributed by atoms with Gasteiger partial charge in [-0.3, -0.25) is 9.59 Å². The quantitative estimate of drug-likeness (QED) is 0.753. The minimum atomic E-state index is -0.226. The van der Waals surface area contributed by atoms with Crippen LogP contribution in [0.25, 0.3) is 10.9 Å². The van der Waals surface area contributed by atoms with Gasteiger partial charge in [-0.15, -0.1) is 0 Å². The highest BCUT2D eigenvalue weighted by Gasteiger charge is 2.16. The first-order valence-electron chi connectivity index (χ1n) is 8.53. The molecular formula is C21H22N2O4. The van der Waals surface area contributed by atoms with E-state index in [1.807, 2.05) is 31.2 Å². The summed E-state index contributed by atoms with van der Waals surface area (Å²) >= 11 is 0. The lowest BCUT2D eigenvalue weighted by atomic mass is 10.1. The van der Waals surface area contributed by atoms with Gasteiger partial charge in [-0.1, -0.05) is 18.2 Å². The molecule has 0 spiro atoms. The van der Waals surface area contributed by atoms with Crippen LogP contribution in [0.15, 0.2) is 47.3 Å². The van der Waals surface area contributed by atoms with Crippen molar-refractivity contribution < 1.29 is 14.3 Å². The minimum absolute atomic E-state index is 0.192. The van der Waals surface area contributed by atoms with Crippen LogP contribution in [0.5, 0.6) is 11.5 Å². The second-order valence-corrected chi connectivity index (χ2v) is 6.43. The predicted octanol–water partition coefficient (Wildman–Crippen LogP) is 3.13. The van der Waals surface area contributed by atoms with Crippen molar-refractivity contribution in [3.05, 3.63) is 69.5 Å². The second-order valence-electron chi connectivity index (χ2n) is 6.43. The molecule has 1 N–H and O–H groups in total. The Morgan fingerprint density at radius 3 is 2.37 bits per heavy atom. The number of aromatic amines is 1. The molecule has 140 valence electrons. The highest BCUT2D eigenvalue weighted by atomic mass is 16.5. The van der Waals surface area contributed by atoms with Gasteiger partial charge in [0.25, 0.3) is 11.5 Å². The van der Waals surface area contributed by atoms with Crippen LogP contribution in [0.4, 0.5) is 0 Å². The fraction of sp³-hybridized carbons (Fsp3) is 0.238. The molecule has 0 bridgehead atoms. The van der Waals surface area contributed by atoms with Gasteiger partial charge < -0.3 is 19.4 Å². The topological polar surface area (TPSA) is 71.6 Å². The Kier molecular flexibility index (Phi) is 5.16. The van der Waals surface area contributed by atoms with Gasteiger partial charge in [0.1, 0.15) is 11.5 Å². The van der Waals surface area contributed by atoms with E-state index in [2.05, 4.69) is 4.98 Å². The summed E-state index contributed by atoms with van der Waals surface area (Å²) in [5.41, 5.74) is 2.59. The SMILES string of the molecule is COc1cc(OC)cc(C(=O)N(C)Cc2cc3cccc(C)c3[nH]c2=O)c1. The number of nitrogens with zero attached hydrogens (tertiary/aromatic N) is 1. The molecule has 0 saturated carbocycles. The summed E-state index contributed by atoms with van der Waals surface area (Å²) in [6, 6.07) is 12.7. The van der Waals surface area contributed by atoms with Crippen molar-refractivity contribution >= 4 is 16.8 Å². The van der Waals surface area contributed by atoms with Gasteiger partial charge in [-0.25, -0.2) is 0 Å². The Labute approximate surface area is 157 Å². The lowest BCUT2D eigenvalue weighted by molar-refractivity contribution is 0.0784. The first-order chi connectivity index (χ1) is 12.9. The van der Waals surface area contributed by atoms with Gasteiger partial charge in [0.05, 0.1) is 26.3 Å². The summed E-state index contributed by atoms with van der Waals surface area (Å²) in [7, 11) is 4.72. The third kappa shape index (κ3) is 3.79. The summed E-state index contributed by atoms with van der Waals surface area (Å²) in [5, 5.41) is 0.938. The van der Waals surface area contributed by atoms with Crippen molar-refractivity contribution in [2.75, 3.05) is 21.3 Å². The van der Waals surface area contributed by atoms with E-state index >= 15 is 0 Å². The number of amides is 1. The van der Waals surface area contributed by atoms with Crippen LogP contribution in [-0.2, 0) is 6.54 Å². The summed E-state index contributed by atoms with van der Waals surface area (Å²) in [4.78, 5) is 29.7. The van der Waals surface area contributed by atoms with Crippen LogP contribution in [-0.4, -0.2) is 37.1 Å². The minimum Gasteiger partial charge on any atom is -0.497 e. The van der Waals surface area contributed by atoms with Crippen LogP contribution in [0.1, 0.15) is 21.5 Å². The largest absolute Gasteiger partial charge is 0.497 e. The average Bonchev–Trinajstić information content (AvgIpc) is 2.68. The predicted molar refractivity (Wildman–Crippen MR) is 105 cm³/mol. The van der Waals surface area contributed by atoms with Crippen molar-refractivity contribution in [2.24, 2.45) is 0 Å². The van der Waals surface area contributed by atoms with Gasteiger partial charge >= 0.3 is 0 Å². The molecule has 0 aliphatic rings. The molecule has 0 aliphatic heterocycles. The number of aryl methyl sites for hydroxylation is 1. The fourth-order valence-corrected chi connectivity index (χ4v) is 3.02. The molecule has 0 radical (unpaired) electrons. The molecule has 0 saturated heterocycles. The van der Waals surface area contributed by atoms with Crippen molar-refractivity contribution in [3.63, 3.8) is 0 Å². The molecule has 0 fully saturated rings. The van der Waals surface area contributed by atoms with E-state index in [1.54, 1.807) is 25.2 Å². The number of carbonyl (C=O) groups is 1. The molecule has 0 atom stereocenters. The Morgan fingerprint density at radius 2 is 1.74 bits per heavy atom. The van der Waals surface area contributed by atoms with Crippen molar-refractivity contribution in [1.82, 2.24) is 9.88 Å². The standard InChI is InChI=1S/C21H22N2O4/c1-13-6-5-7-14-8-16(20(24)22-19(13)14)12-23(2)21(25)15-9-17(26-3)11-18(10-15)27-4/h5-11H,12H2,1-4H3,(H,22,24). The maximum Gasteiger partial charge on any atom is 0.254 e. The van der Waals surface area contributed by atoms with Crippen LogP contribution in [0, 0.1) is 6.92 Å². The van der Waals surface area contributed by atoms with E-state index in [9.17, 15) is 9.59 Å². The number of rotatable bonds is 5. The third-order valence-electron chi connectivity index (χ3n) is 4.52. The number of benzene rings is 2. The van der Waals surface area contributed by atoms with E-state index < -0.39 is 0 Å². The van der Waals surface area contributed by atoms with E-state index in [0.29, 0.717) is 22.6 Å². The van der Waals surface area contributed by atoms with E-state index in [4.69, 9.17) is 9.47 Å². The zero-order chi connectivity index (χ0) is 19.6. The number of pyridine rings is 1. The van der Waals surface area contributed by atoms with Gasteiger partial charge in [-0.05, 0) is 36.1 Å². The number of hydrogen-bond donors (Lipinski definition) is 1. The van der Waals surface area contributed by atoms with E-state index in [0.717, 1.165) is 16.5 Å². The number of methoxy groups -OCH3 is 2. The maximum atomic E-state index is 12.8. The molecule has 3 aromatic rings. The molecule has 6 heteroatoms. The smallest absolute Gasteiger partial charge is 0.254 e. The van der Waals surface area contributed by atoms with E-state index in [-0.39, 0.29) is 18.0 Å². The van der Waals surface area contributed by atoms with Gasteiger partial charge in [-0.2, -0.15) is 0 Å². The fourth-order valence-electron chi connectivity index (χ4n) is 3.02. The Balaban J connectivity index is 1.90. The molecule has 3 rings (SSSR count). The summed E-state index contributed by atoms with van der Waals surface area (Å²) in [6.45, 7) is 2.14. The average molecular weight is 366 g/mol. The number of nitrogens with one attached hydrogen (secondary N) is 1. The normalized spacial score (nSPS) is 10.7.